The van der Waals surface area contributed by atoms with Crippen molar-refractivity contribution in [3.05, 3.63) is 27.8 Å². The number of fused-ring (bicyclic) bond motifs is 6. The summed E-state index contributed by atoms with van der Waals surface area (Å²) in [5.74, 6) is 4.86. The third-order valence-corrected chi connectivity index (χ3v) is 10.2. The molecule has 1 aromatic rings. The molecule has 0 aromatic heterocycles. The molecule has 3 nitrogen and oxygen atoms in total. The zero-order valence-electron chi connectivity index (χ0n) is 19.8. The fourth-order valence-electron chi connectivity index (χ4n) is 8.79. The largest absolute Gasteiger partial charge is 0.493 e. The van der Waals surface area contributed by atoms with Crippen LogP contribution in [0.1, 0.15) is 93.0 Å². The molecule has 2 saturated carbocycles. The third-order valence-electron chi connectivity index (χ3n) is 10.2. The van der Waals surface area contributed by atoms with Crippen LogP contribution in [0.5, 0.6) is 5.75 Å². The molecule has 0 bridgehead atoms. The van der Waals surface area contributed by atoms with E-state index in [-0.39, 0.29) is 12.1 Å². The lowest BCUT2D eigenvalue weighted by Crippen LogP contribution is -2.51. The van der Waals surface area contributed by atoms with Crippen molar-refractivity contribution >= 4 is 5.97 Å². The Balaban J connectivity index is 1.39. The van der Waals surface area contributed by atoms with Gasteiger partial charge < -0.3 is 9.47 Å². The molecule has 0 N–H and O–H groups in total. The van der Waals surface area contributed by atoms with E-state index in [0.29, 0.717) is 17.3 Å². The molecule has 4 aliphatic carbocycles. The molecule has 1 unspecified atom stereocenters. The molecule has 3 heteroatoms. The van der Waals surface area contributed by atoms with Crippen LogP contribution in [0.15, 0.2) is 0 Å². The first-order valence-corrected chi connectivity index (χ1v) is 12.8. The van der Waals surface area contributed by atoms with Crippen LogP contribution in [-0.2, 0) is 28.8 Å². The zero-order chi connectivity index (χ0) is 21.5. The van der Waals surface area contributed by atoms with Crippen molar-refractivity contribution in [2.45, 2.75) is 97.5 Å². The Bertz CT molecular complexity index is 933. The summed E-state index contributed by atoms with van der Waals surface area (Å²) in [4.78, 5) is 11.6. The maximum Gasteiger partial charge on any atom is 0.302 e. The summed E-state index contributed by atoms with van der Waals surface area (Å²) in [6, 6.07) is 0. The lowest BCUT2D eigenvalue weighted by atomic mass is 9.47. The average Bonchev–Trinajstić information content (AvgIpc) is 3.18. The van der Waals surface area contributed by atoms with Gasteiger partial charge >= 0.3 is 5.97 Å². The van der Waals surface area contributed by atoms with Gasteiger partial charge in [0, 0.05) is 6.92 Å². The Kier molecular flexibility index (Phi) is 4.54. The van der Waals surface area contributed by atoms with Crippen molar-refractivity contribution in [1.29, 1.82) is 0 Å². The Hall–Kier alpha value is -1.51. The Morgan fingerprint density at radius 1 is 1.10 bits per heavy atom. The first-order chi connectivity index (χ1) is 14.9. The molecule has 0 radical (unpaired) electrons. The molecule has 0 saturated heterocycles. The summed E-state index contributed by atoms with van der Waals surface area (Å²) < 4.78 is 12.0. The van der Waals surface area contributed by atoms with Gasteiger partial charge in [-0.25, -0.2) is 0 Å². The number of rotatable bonds is 1. The van der Waals surface area contributed by atoms with E-state index in [1.165, 1.54) is 56.3 Å². The van der Waals surface area contributed by atoms with Crippen LogP contribution in [0.4, 0.5) is 0 Å². The van der Waals surface area contributed by atoms with Crippen LogP contribution < -0.4 is 4.74 Å². The van der Waals surface area contributed by atoms with E-state index >= 15 is 0 Å². The molecule has 1 aromatic carbocycles. The normalized spacial score (nSPS) is 40.1. The van der Waals surface area contributed by atoms with Crippen LogP contribution in [0.3, 0.4) is 0 Å². The number of hydrogen-bond acceptors (Lipinski definition) is 3. The summed E-state index contributed by atoms with van der Waals surface area (Å²) in [5, 5.41) is 0. The van der Waals surface area contributed by atoms with E-state index in [2.05, 4.69) is 20.8 Å². The van der Waals surface area contributed by atoms with Crippen LogP contribution in [-0.4, -0.2) is 18.7 Å². The molecule has 6 rings (SSSR count). The van der Waals surface area contributed by atoms with Gasteiger partial charge in [0.15, 0.2) is 0 Å². The highest BCUT2D eigenvalue weighted by Crippen LogP contribution is 2.64. The Morgan fingerprint density at radius 3 is 2.74 bits per heavy atom. The average molecular weight is 423 g/mol. The maximum atomic E-state index is 11.6. The summed E-state index contributed by atoms with van der Waals surface area (Å²) in [5.41, 5.74) is 8.54. The molecular weight excluding hydrogens is 384 g/mol. The number of benzene rings is 1. The lowest BCUT2D eigenvalue weighted by molar-refractivity contribution is -0.154. The van der Waals surface area contributed by atoms with Crippen LogP contribution in [0.25, 0.3) is 0 Å². The van der Waals surface area contributed by atoms with Gasteiger partial charge in [0.2, 0.25) is 0 Å². The SMILES string of the molecule is CC(=O)O[C@H]1CC[C@@]2(C)[C@@H](CC[C@H]3[C@@H]4CCc5c(C)c6c(c(c54)C[C@@H]32)CC(C)CO6)C1. The second-order valence-electron chi connectivity index (χ2n) is 11.8. The fraction of sp³-hybridized carbons (Fsp3) is 0.750. The van der Waals surface area contributed by atoms with E-state index in [1.54, 1.807) is 29.2 Å². The van der Waals surface area contributed by atoms with E-state index in [9.17, 15) is 4.79 Å². The molecular formula is C28H38O3. The Labute approximate surface area is 187 Å². The fourth-order valence-corrected chi connectivity index (χ4v) is 8.79. The quantitative estimate of drug-likeness (QED) is 0.527. The molecule has 5 aliphatic rings. The van der Waals surface area contributed by atoms with Gasteiger partial charge in [0.1, 0.15) is 11.9 Å². The predicted octanol–water partition coefficient (Wildman–Crippen LogP) is 5.92. The molecule has 1 heterocycles. The third kappa shape index (κ3) is 2.87. The minimum atomic E-state index is -0.108. The highest BCUT2D eigenvalue weighted by Gasteiger charge is 2.56. The lowest BCUT2D eigenvalue weighted by Gasteiger charge is -2.58. The summed E-state index contributed by atoms with van der Waals surface area (Å²) in [6.45, 7) is 9.70. The standard InChI is InChI=1S/C28H38O3/c1-15-11-24-23-13-25-21(22-8-7-20(26(22)23)16(2)27(24)30-14-15)6-5-18-12-19(31-17(3)29)9-10-28(18,25)4/h15,18-19,21-22,25H,5-14H2,1-4H3/t15?,18-,19-,21-,22-,25-,28-/m0/s1. The molecule has 7 atom stereocenters. The minimum absolute atomic E-state index is 0.108. The van der Waals surface area contributed by atoms with Gasteiger partial charge in [-0.2, -0.15) is 0 Å². The second kappa shape index (κ2) is 6.99. The van der Waals surface area contributed by atoms with E-state index in [4.69, 9.17) is 9.47 Å². The molecule has 0 spiro atoms. The number of esters is 1. The van der Waals surface area contributed by atoms with Gasteiger partial charge in [-0.1, -0.05) is 13.8 Å². The number of hydrogen-bond donors (Lipinski definition) is 0. The van der Waals surface area contributed by atoms with E-state index in [0.717, 1.165) is 37.2 Å². The maximum absolute atomic E-state index is 11.6. The first kappa shape index (κ1) is 20.1. The van der Waals surface area contributed by atoms with Crippen LogP contribution in [0.2, 0.25) is 0 Å². The van der Waals surface area contributed by atoms with Gasteiger partial charge in [0.25, 0.3) is 0 Å². The first-order valence-electron chi connectivity index (χ1n) is 12.8. The number of ether oxygens (including phenoxy) is 2. The number of carbonyl (C=O) groups excluding carboxylic acids is 1. The molecule has 2 fully saturated rings. The zero-order valence-corrected chi connectivity index (χ0v) is 19.8. The van der Waals surface area contributed by atoms with Crippen LogP contribution in [0, 0.1) is 36.0 Å². The summed E-state index contributed by atoms with van der Waals surface area (Å²) in [7, 11) is 0. The van der Waals surface area contributed by atoms with Crippen molar-refractivity contribution < 1.29 is 14.3 Å². The Morgan fingerprint density at radius 2 is 1.94 bits per heavy atom. The topological polar surface area (TPSA) is 35.5 Å². The smallest absolute Gasteiger partial charge is 0.302 e. The van der Waals surface area contributed by atoms with Crippen LogP contribution >= 0.6 is 0 Å². The molecule has 1 aliphatic heterocycles. The van der Waals surface area contributed by atoms with Crippen molar-refractivity contribution in [2.75, 3.05) is 6.61 Å². The van der Waals surface area contributed by atoms with Crippen molar-refractivity contribution in [2.24, 2.45) is 29.1 Å². The highest BCUT2D eigenvalue weighted by molar-refractivity contribution is 5.66. The molecule has 168 valence electrons. The minimum Gasteiger partial charge on any atom is -0.493 e. The molecule has 0 amide bonds. The van der Waals surface area contributed by atoms with Gasteiger partial charge in [-0.05, 0) is 128 Å². The van der Waals surface area contributed by atoms with Gasteiger partial charge in [0.05, 0.1) is 6.61 Å². The predicted molar refractivity (Wildman–Crippen MR) is 122 cm³/mol. The number of carbonyl (C=O) groups is 1. The van der Waals surface area contributed by atoms with Gasteiger partial charge in [-0.3, -0.25) is 4.79 Å². The molecule has 31 heavy (non-hydrogen) atoms. The monoisotopic (exact) mass is 422 g/mol. The second-order valence-corrected chi connectivity index (χ2v) is 11.8. The van der Waals surface area contributed by atoms with E-state index in [1.807, 2.05) is 0 Å². The summed E-state index contributed by atoms with van der Waals surface area (Å²) >= 11 is 0. The highest BCUT2D eigenvalue weighted by atomic mass is 16.5. The summed E-state index contributed by atoms with van der Waals surface area (Å²) in [6.07, 6.45) is 11.2. The van der Waals surface area contributed by atoms with Crippen molar-refractivity contribution in [3.63, 3.8) is 0 Å². The van der Waals surface area contributed by atoms with Crippen molar-refractivity contribution in [3.8, 4) is 5.75 Å². The van der Waals surface area contributed by atoms with Crippen molar-refractivity contribution in [1.82, 2.24) is 0 Å². The van der Waals surface area contributed by atoms with Gasteiger partial charge in [-0.15, -0.1) is 0 Å². The van der Waals surface area contributed by atoms with E-state index < -0.39 is 0 Å².